The summed E-state index contributed by atoms with van der Waals surface area (Å²) in [6.45, 7) is 6.64. The molecule has 1 fully saturated rings. The number of rotatable bonds is 3. The van der Waals surface area contributed by atoms with Gasteiger partial charge in [0.05, 0.1) is 24.4 Å². The van der Waals surface area contributed by atoms with Crippen LogP contribution in [0.3, 0.4) is 0 Å². The van der Waals surface area contributed by atoms with Crippen molar-refractivity contribution in [3.8, 4) is 0 Å². The number of aliphatic hydroxyl groups is 1. The molecule has 7 heteroatoms. The van der Waals surface area contributed by atoms with Gasteiger partial charge in [0.1, 0.15) is 5.60 Å². The molecule has 1 aliphatic rings. The van der Waals surface area contributed by atoms with E-state index in [1.807, 2.05) is 20.8 Å². The van der Waals surface area contributed by atoms with Gasteiger partial charge in [-0.15, -0.1) is 0 Å². The van der Waals surface area contributed by atoms with E-state index >= 15 is 0 Å². The van der Waals surface area contributed by atoms with Gasteiger partial charge in [0.2, 0.25) is 0 Å². The predicted octanol–water partition coefficient (Wildman–Crippen LogP) is 0.546. The van der Waals surface area contributed by atoms with Crippen LogP contribution < -0.4 is 5.32 Å². The molecule has 2 rings (SSSR count). The number of hydrogen-bond donors (Lipinski definition) is 2. The molecule has 1 aliphatic heterocycles. The zero-order valence-electron chi connectivity index (χ0n) is 12.6. The maximum atomic E-state index is 12.0. The van der Waals surface area contributed by atoms with Crippen LogP contribution in [0.25, 0.3) is 0 Å². The Morgan fingerprint density at radius 2 is 2.24 bits per heavy atom. The number of aliphatic hydroxyl groups excluding tert-OH is 1. The molecule has 0 aromatic carbocycles. The molecule has 0 radical (unpaired) electrons. The lowest BCUT2D eigenvalue weighted by Crippen LogP contribution is -2.39. The lowest BCUT2D eigenvalue weighted by Gasteiger charge is -2.24. The van der Waals surface area contributed by atoms with Crippen molar-refractivity contribution in [3.63, 3.8) is 0 Å². The molecule has 0 bridgehead atoms. The van der Waals surface area contributed by atoms with E-state index in [0.717, 1.165) is 5.69 Å². The first-order valence-corrected chi connectivity index (χ1v) is 6.99. The molecule has 0 spiro atoms. The summed E-state index contributed by atoms with van der Waals surface area (Å²) >= 11 is 0. The van der Waals surface area contributed by atoms with Crippen LogP contribution in [0.1, 0.15) is 26.5 Å². The molecule has 7 nitrogen and oxygen atoms in total. The van der Waals surface area contributed by atoms with Crippen molar-refractivity contribution in [1.29, 1.82) is 0 Å². The third-order valence-electron chi connectivity index (χ3n) is 3.10. The first-order valence-electron chi connectivity index (χ1n) is 6.99. The van der Waals surface area contributed by atoms with Gasteiger partial charge in [0, 0.05) is 31.7 Å². The Labute approximate surface area is 124 Å². The van der Waals surface area contributed by atoms with Crippen molar-refractivity contribution in [1.82, 2.24) is 20.2 Å². The van der Waals surface area contributed by atoms with Crippen molar-refractivity contribution in [2.75, 3.05) is 13.1 Å². The molecular weight excluding hydrogens is 272 g/mol. The van der Waals surface area contributed by atoms with Gasteiger partial charge in [-0.3, -0.25) is 9.97 Å². The minimum absolute atomic E-state index is 0.195. The number of amides is 1. The molecule has 1 saturated heterocycles. The van der Waals surface area contributed by atoms with E-state index in [1.165, 1.54) is 4.90 Å². The second-order valence-electron chi connectivity index (χ2n) is 6.14. The summed E-state index contributed by atoms with van der Waals surface area (Å²) < 4.78 is 5.31. The maximum Gasteiger partial charge on any atom is 0.410 e. The third kappa shape index (κ3) is 4.64. The Balaban J connectivity index is 1.85. The maximum absolute atomic E-state index is 12.0. The smallest absolute Gasteiger partial charge is 0.410 e. The Morgan fingerprint density at radius 1 is 1.48 bits per heavy atom. The average Bonchev–Trinajstić information content (AvgIpc) is 2.77. The highest BCUT2D eigenvalue weighted by Gasteiger charge is 2.35. The molecule has 0 aliphatic carbocycles. The van der Waals surface area contributed by atoms with Gasteiger partial charge in [-0.1, -0.05) is 0 Å². The van der Waals surface area contributed by atoms with E-state index in [1.54, 1.807) is 18.6 Å². The third-order valence-corrected chi connectivity index (χ3v) is 3.10. The lowest BCUT2D eigenvalue weighted by atomic mass is 10.2. The monoisotopic (exact) mass is 294 g/mol. The minimum atomic E-state index is -0.616. The number of nitrogens with one attached hydrogen (secondary N) is 1. The van der Waals surface area contributed by atoms with Crippen LogP contribution in [0.2, 0.25) is 0 Å². The molecule has 0 unspecified atom stereocenters. The quantitative estimate of drug-likeness (QED) is 0.846. The van der Waals surface area contributed by atoms with Crippen LogP contribution in [0.4, 0.5) is 4.79 Å². The largest absolute Gasteiger partial charge is 0.444 e. The van der Waals surface area contributed by atoms with Crippen LogP contribution >= 0.6 is 0 Å². The second kappa shape index (κ2) is 6.36. The Bertz CT molecular complexity index is 475. The van der Waals surface area contributed by atoms with Crippen LogP contribution in [0.15, 0.2) is 18.6 Å². The summed E-state index contributed by atoms with van der Waals surface area (Å²) in [6, 6.07) is -0.195. The summed E-state index contributed by atoms with van der Waals surface area (Å²) in [5.41, 5.74) is 0.258. The van der Waals surface area contributed by atoms with E-state index in [0.29, 0.717) is 13.1 Å². The van der Waals surface area contributed by atoms with Gasteiger partial charge in [0.25, 0.3) is 0 Å². The number of carbonyl (C=O) groups excluding carboxylic acids is 1. The van der Waals surface area contributed by atoms with Crippen LogP contribution in [-0.4, -0.2) is 56.9 Å². The van der Waals surface area contributed by atoms with E-state index < -0.39 is 17.8 Å². The van der Waals surface area contributed by atoms with Gasteiger partial charge >= 0.3 is 6.09 Å². The molecule has 2 N–H and O–H groups in total. The number of aromatic nitrogens is 2. The highest BCUT2D eigenvalue weighted by Crippen LogP contribution is 2.16. The molecule has 2 atom stereocenters. The normalized spacial score (nSPS) is 22.4. The molecular formula is C14H22N4O3. The fourth-order valence-corrected chi connectivity index (χ4v) is 2.12. The van der Waals surface area contributed by atoms with Crippen LogP contribution in [0.5, 0.6) is 0 Å². The number of nitrogens with zero attached hydrogens (tertiary/aromatic N) is 3. The molecule has 1 amide bonds. The zero-order valence-corrected chi connectivity index (χ0v) is 12.6. The molecule has 116 valence electrons. The lowest BCUT2D eigenvalue weighted by molar-refractivity contribution is 0.0270. The van der Waals surface area contributed by atoms with Gasteiger partial charge in [-0.2, -0.15) is 0 Å². The number of likely N-dealkylation sites (tertiary alicyclic amines) is 1. The molecule has 0 saturated carbocycles. The van der Waals surface area contributed by atoms with Gasteiger partial charge in [-0.05, 0) is 20.8 Å². The molecule has 21 heavy (non-hydrogen) atoms. The van der Waals surface area contributed by atoms with Crippen LogP contribution in [-0.2, 0) is 11.3 Å². The number of β-amino-alcohol motifs (C(OH)–C–C–N with tert-alkyl or cyclic N) is 1. The van der Waals surface area contributed by atoms with Crippen LogP contribution in [0, 0.1) is 0 Å². The predicted molar refractivity (Wildman–Crippen MR) is 76.5 cm³/mol. The van der Waals surface area contributed by atoms with Gasteiger partial charge < -0.3 is 20.1 Å². The van der Waals surface area contributed by atoms with Crippen molar-refractivity contribution < 1.29 is 14.6 Å². The summed E-state index contributed by atoms with van der Waals surface area (Å²) in [4.78, 5) is 21.6. The van der Waals surface area contributed by atoms with Crippen molar-refractivity contribution in [2.45, 2.75) is 45.1 Å². The highest BCUT2D eigenvalue weighted by atomic mass is 16.6. The molecule has 1 aromatic heterocycles. The first-order chi connectivity index (χ1) is 9.85. The fraction of sp³-hybridized carbons (Fsp3) is 0.643. The van der Waals surface area contributed by atoms with E-state index in [2.05, 4.69) is 15.3 Å². The fourth-order valence-electron chi connectivity index (χ4n) is 2.12. The molecule has 2 heterocycles. The highest BCUT2D eigenvalue weighted by molar-refractivity contribution is 5.68. The number of ether oxygens (including phenoxy) is 1. The van der Waals surface area contributed by atoms with Gasteiger partial charge in [0.15, 0.2) is 0 Å². The first kappa shape index (κ1) is 15.7. The Hall–Kier alpha value is -1.73. The topological polar surface area (TPSA) is 87.6 Å². The van der Waals surface area contributed by atoms with E-state index in [4.69, 9.17) is 4.74 Å². The average molecular weight is 294 g/mol. The van der Waals surface area contributed by atoms with E-state index in [-0.39, 0.29) is 12.6 Å². The van der Waals surface area contributed by atoms with Crippen molar-refractivity contribution in [2.24, 2.45) is 0 Å². The summed E-state index contributed by atoms with van der Waals surface area (Å²) in [5, 5.41) is 13.2. The standard InChI is InChI=1S/C14H22N4O3/c1-14(2,3)21-13(20)18-8-11(12(19)9-18)17-7-10-6-15-4-5-16-10/h4-6,11-12,17,19H,7-9H2,1-3H3/t11-,12-/m1/s1. The van der Waals surface area contributed by atoms with Gasteiger partial charge in [-0.25, -0.2) is 4.79 Å². The minimum Gasteiger partial charge on any atom is -0.444 e. The van der Waals surface area contributed by atoms with Crippen molar-refractivity contribution >= 4 is 6.09 Å². The Kier molecular flexibility index (Phi) is 4.74. The Morgan fingerprint density at radius 3 is 2.86 bits per heavy atom. The SMILES string of the molecule is CC(C)(C)OC(=O)N1C[C@@H](O)[C@H](NCc2cnccn2)C1. The summed E-state index contributed by atoms with van der Waals surface area (Å²) in [5.74, 6) is 0. The number of hydrogen-bond acceptors (Lipinski definition) is 6. The van der Waals surface area contributed by atoms with E-state index in [9.17, 15) is 9.90 Å². The zero-order chi connectivity index (χ0) is 15.5. The molecule has 1 aromatic rings. The number of carbonyl (C=O) groups is 1. The second-order valence-corrected chi connectivity index (χ2v) is 6.14. The summed E-state index contributed by atoms with van der Waals surface area (Å²) in [7, 11) is 0. The summed E-state index contributed by atoms with van der Waals surface area (Å²) in [6.07, 6.45) is 3.88. The van der Waals surface area contributed by atoms with Crippen molar-refractivity contribution in [3.05, 3.63) is 24.3 Å².